The van der Waals surface area contributed by atoms with E-state index < -0.39 is 6.04 Å². The molecule has 1 aromatic rings. The molecule has 1 aromatic heterocycles. The minimum atomic E-state index is -0.441. The zero-order valence-corrected chi connectivity index (χ0v) is 11.6. The number of nitrogen functional groups attached to an aromatic ring is 1. The first-order valence-corrected chi connectivity index (χ1v) is 6.84. The minimum Gasteiger partial charge on any atom is -0.382 e. The van der Waals surface area contributed by atoms with Crippen molar-refractivity contribution in [1.82, 2.24) is 15.0 Å². The summed E-state index contributed by atoms with van der Waals surface area (Å²) in [5.41, 5.74) is 5.95. The van der Waals surface area contributed by atoms with Gasteiger partial charge in [-0.3, -0.25) is 9.59 Å². The first-order chi connectivity index (χ1) is 9.02. The number of hydrogen-bond donors (Lipinski definition) is 4. The Morgan fingerprint density at radius 2 is 2.16 bits per heavy atom. The Balaban J connectivity index is 2.05. The molecule has 1 aliphatic rings. The van der Waals surface area contributed by atoms with Crippen LogP contribution in [0.15, 0.2) is 0 Å². The van der Waals surface area contributed by atoms with Crippen LogP contribution < -0.4 is 21.7 Å². The predicted molar refractivity (Wildman–Crippen MR) is 74.2 cm³/mol. The Morgan fingerprint density at radius 1 is 1.47 bits per heavy atom. The average molecular weight is 283 g/mol. The number of aromatic nitrogens is 1. The molecule has 1 fully saturated rings. The Labute approximate surface area is 115 Å². The fourth-order valence-corrected chi connectivity index (χ4v) is 2.36. The lowest BCUT2D eigenvalue weighted by Gasteiger charge is -2.14. The highest BCUT2D eigenvalue weighted by Gasteiger charge is 2.27. The van der Waals surface area contributed by atoms with Crippen molar-refractivity contribution in [3.05, 3.63) is 5.56 Å². The van der Waals surface area contributed by atoms with Crippen molar-refractivity contribution in [3.8, 4) is 0 Å². The molecule has 7 nitrogen and oxygen atoms in total. The zero-order valence-electron chi connectivity index (χ0n) is 10.8. The molecular formula is C11H17N5O2S. The van der Waals surface area contributed by atoms with Gasteiger partial charge in [-0.25, -0.2) is 0 Å². The molecule has 1 atom stereocenters. The summed E-state index contributed by atoms with van der Waals surface area (Å²) in [6.07, 6.45) is 2.07. The van der Waals surface area contributed by atoms with Gasteiger partial charge in [0.25, 0.3) is 5.91 Å². The molecule has 0 bridgehead atoms. The van der Waals surface area contributed by atoms with Gasteiger partial charge in [0.1, 0.15) is 16.6 Å². The number of nitrogens with one attached hydrogen (secondary N) is 3. The molecule has 0 saturated heterocycles. The number of rotatable bonds is 5. The van der Waals surface area contributed by atoms with E-state index >= 15 is 0 Å². The summed E-state index contributed by atoms with van der Waals surface area (Å²) in [7, 11) is 1.52. The number of nitrogens with zero attached hydrogens (tertiary/aromatic N) is 1. The Hall–Kier alpha value is -1.83. The summed E-state index contributed by atoms with van der Waals surface area (Å²) >= 11 is 1.07. The normalized spacial score (nSPS) is 15.7. The Morgan fingerprint density at radius 3 is 2.74 bits per heavy atom. The number of amides is 2. The Bertz CT molecular complexity index is 497. The van der Waals surface area contributed by atoms with Crippen molar-refractivity contribution in [1.29, 1.82) is 0 Å². The number of hydrogen-bond acceptors (Lipinski definition) is 6. The molecule has 1 unspecified atom stereocenters. The van der Waals surface area contributed by atoms with Crippen molar-refractivity contribution >= 4 is 34.2 Å². The monoisotopic (exact) mass is 283 g/mol. The second-order valence-corrected chi connectivity index (χ2v) is 5.27. The van der Waals surface area contributed by atoms with E-state index in [1.807, 2.05) is 0 Å². The van der Waals surface area contributed by atoms with Crippen LogP contribution in [0.2, 0.25) is 0 Å². The van der Waals surface area contributed by atoms with Gasteiger partial charge in [0, 0.05) is 13.1 Å². The van der Waals surface area contributed by atoms with Crippen molar-refractivity contribution < 1.29 is 9.59 Å². The van der Waals surface area contributed by atoms with E-state index in [-0.39, 0.29) is 17.6 Å². The molecule has 5 N–H and O–H groups in total. The second kappa shape index (κ2) is 5.43. The summed E-state index contributed by atoms with van der Waals surface area (Å²) in [6, 6.07) is -0.134. The third-order valence-electron chi connectivity index (χ3n) is 2.84. The van der Waals surface area contributed by atoms with E-state index in [1.165, 1.54) is 7.05 Å². The average Bonchev–Trinajstić information content (AvgIpc) is 3.12. The molecule has 1 aliphatic carbocycles. The van der Waals surface area contributed by atoms with Crippen molar-refractivity contribution in [3.63, 3.8) is 0 Å². The first kappa shape index (κ1) is 13.6. The lowest BCUT2D eigenvalue weighted by Crippen LogP contribution is -2.38. The van der Waals surface area contributed by atoms with Crippen LogP contribution in [-0.2, 0) is 4.79 Å². The summed E-state index contributed by atoms with van der Waals surface area (Å²) in [5.74, 6) is -0.234. The molecule has 0 spiro atoms. The van der Waals surface area contributed by atoms with Gasteiger partial charge in [0.05, 0.1) is 0 Å². The molecular weight excluding hydrogens is 266 g/mol. The van der Waals surface area contributed by atoms with Crippen LogP contribution in [0, 0.1) is 0 Å². The fourth-order valence-electron chi connectivity index (χ4n) is 1.56. The number of carbonyl (C=O) groups is 2. The molecule has 0 aromatic carbocycles. The van der Waals surface area contributed by atoms with Gasteiger partial charge < -0.3 is 21.7 Å². The number of carbonyl (C=O) groups excluding carboxylic acids is 2. The van der Waals surface area contributed by atoms with Crippen LogP contribution >= 0.6 is 11.5 Å². The quantitative estimate of drug-likeness (QED) is 0.615. The van der Waals surface area contributed by atoms with Crippen molar-refractivity contribution in [2.45, 2.75) is 31.8 Å². The van der Waals surface area contributed by atoms with Gasteiger partial charge in [-0.05, 0) is 31.3 Å². The third kappa shape index (κ3) is 3.14. The third-order valence-corrected chi connectivity index (χ3v) is 3.63. The summed E-state index contributed by atoms with van der Waals surface area (Å²) in [4.78, 5) is 23.5. The van der Waals surface area contributed by atoms with Crippen LogP contribution in [0.1, 0.15) is 30.1 Å². The summed E-state index contributed by atoms with van der Waals surface area (Å²) in [6.45, 7) is 1.74. The van der Waals surface area contributed by atoms with Crippen molar-refractivity contribution in [2.75, 3.05) is 18.1 Å². The summed E-state index contributed by atoms with van der Waals surface area (Å²) < 4.78 is 3.94. The topological polar surface area (TPSA) is 109 Å². The smallest absolute Gasteiger partial charge is 0.257 e. The first-order valence-electron chi connectivity index (χ1n) is 6.07. The molecule has 104 valence electrons. The molecule has 2 rings (SSSR count). The standard InChI is InChI=1S/C11H17N5O2S/c1-5(9(17)15-6-3-4-6)14-11-7(10(18)13-2)8(12)16-19-11/h5-6,14H,3-4H2,1-2H3,(H2,12,16)(H,13,18)(H,15,17). The van der Waals surface area contributed by atoms with E-state index in [0.717, 1.165) is 24.4 Å². The highest BCUT2D eigenvalue weighted by molar-refractivity contribution is 7.11. The van der Waals surface area contributed by atoms with Gasteiger partial charge in [-0.1, -0.05) is 0 Å². The van der Waals surface area contributed by atoms with Crippen LogP contribution in [0.25, 0.3) is 0 Å². The molecule has 0 aliphatic heterocycles. The molecule has 2 amide bonds. The fraction of sp³-hybridized carbons (Fsp3) is 0.545. The summed E-state index contributed by atoms with van der Waals surface area (Å²) in [5, 5.41) is 8.89. The van der Waals surface area contributed by atoms with Crippen LogP contribution in [0.5, 0.6) is 0 Å². The van der Waals surface area contributed by atoms with Crippen LogP contribution in [-0.4, -0.2) is 35.3 Å². The van der Waals surface area contributed by atoms with E-state index in [0.29, 0.717) is 16.6 Å². The zero-order chi connectivity index (χ0) is 14.0. The van der Waals surface area contributed by atoms with Gasteiger partial charge in [-0.2, -0.15) is 4.37 Å². The number of anilines is 2. The molecule has 0 radical (unpaired) electrons. The highest BCUT2D eigenvalue weighted by Crippen LogP contribution is 2.27. The molecule has 19 heavy (non-hydrogen) atoms. The largest absolute Gasteiger partial charge is 0.382 e. The van der Waals surface area contributed by atoms with Gasteiger partial charge in [0.15, 0.2) is 5.82 Å². The SMILES string of the molecule is CNC(=O)c1c(N)nsc1NC(C)C(=O)NC1CC1. The van der Waals surface area contributed by atoms with Crippen molar-refractivity contribution in [2.24, 2.45) is 0 Å². The van der Waals surface area contributed by atoms with E-state index in [4.69, 9.17) is 5.73 Å². The molecule has 8 heteroatoms. The maximum Gasteiger partial charge on any atom is 0.257 e. The van der Waals surface area contributed by atoms with Gasteiger partial charge in [0.2, 0.25) is 5.91 Å². The molecule has 1 heterocycles. The van der Waals surface area contributed by atoms with E-state index in [9.17, 15) is 9.59 Å². The lowest BCUT2D eigenvalue weighted by molar-refractivity contribution is -0.121. The maximum absolute atomic E-state index is 11.8. The van der Waals surface area contributed by atoms with Gasteiger partial charge in [-0.15, -0.1) is 0 Å². The van der Waals surface area contributed by atoms with Crippen LogP contribution in [0.3, 0.4) is 0 Å². The molecule has 1 saturated carbocycles. The minimum absolute atomic E-state index is 0.0858. The Kier molecular flexibility index (Phi) is 3.89. The van der Waals surface area contributed by atoms with E-state index in [2.05, 4.69) is 20.3 Å². The lowest BCUT2D eigenvalue weighted by atomic mass is 10.2. The van der Waals surface area contributed by atoms with Crippen LogP contribution in [0.4, 0.5) is 10.8 Å². The number of nitrogens with two attached hydrogens (primary N) is 1. The second-order valence-electron chi connectivity index (χ2n) is 4.50. The maximum atomic E-state index is 11.8. The van der Waals surface area contributed by atoms with Gasteiger partial charge >= 0.3 is 0 Å². The highest BCUT2D eigenvalue weighted by atomic mass is 32.1. The predicted octanol–water partition coefficient (Wildman–Crippen LogP) is 0.164. The van der Waals surface area contributed by atoms with E-state index in [1.54, 1.807) is 6.92 Å².